The van der Waals surface area contributed by atoms with E-state index in [9.17, 15) is 0 Å². The molecule has 102 valence electrons. The molecule has 0 saturated carbocycles. The molecule has 0 amide bonds. The zero-order valence-electron chi connectivity index (χ0n) is 12.1. The van der Waals surface area contributed by atoms with E-state index in [4.69, 9.17) is 0 Å². The predicted octanol–water partition coefficient (Wildman–Crippen LogP) is 4.23. The van der Waals surface area contributed by atoms with Crippen molar-refractivity contribution in [2.45, 2.75) is 33.7 Å². The van der Waals surface area contributed by atoms with Crippen LogP contribution in [-0.4, -0.2) is 31.1 Å². The molecule has 3 heteroatoms. The van der Waals surface area contributed by atoms with Gasteiger partial charge in [0.15, 0.2) is 0 Å². The van der Waals surface area contributed by atoms with Gasteiger partial charge in [-0.1, -0.05) is 42.8 Å². The van der Waals surface area contributed by atoms with Crippen LogP contribution in [0.1, 0.15) is 27.7 Å². The Labute approximate surface area is 120 Å². The van der Waals surface area contributed by atoms with Crippen molar-refractivity contribution in [3.05, 3.63) is 28.7 Å². The average molecular weight is 313 g/mol. The minimum Gasteiger partial charge on any atom is -0.384 e. The Morgan fingerprint density at radius 3 is 2.56 bits per heavy atom. The largest absolute Gasteiger partial charge is 0.384 e. The molecule has 0 radical (unpaired) electrons. The number of likely N-dealkylation sites (N-methyl/N-ethyl adjacent to an activating group) is 1. The van der Waals surface area contributed by atoms with Crippen molar-refractivity contribution in [2.75, 3.05) is 25.5 Å². The first-order valence-electron chi connectivity index (χ1n) is 6.50. The van der Waals surface area contributed by atoms with Crippen LogP contribution in [-0.2, 0) is 0 Å². The number of hydrogen-bond acceptors (Lipinski definition) is 2. The quantitative estimate of drug-likeness (QED) is 0.875. The number of halogens is 1. The van der Waals surface area contributed by atoms with Crippen molar-refractivity contribution in [1.82, 2.24) is 4.90 Å². The highest BCUT2D eigenvalue weighted by Gasteiger charge is 2.23. The van der Waals surface area contributed by atoms with Crippen LogP contribution in [0.5, 0.6) is 0 Å². The van der Waals surface area contributed by atoms with Crippen molar-refractivity contribution < 1.29 is 0 Å². The molecule has 1 atom stereocenters. The summed E-state index contributed by atoms with van der Waals surface area (Å²) < 4.78 is 1.11. The molecule has 1 aromatic rings. The normalized spacial score (nSPS) is 13.7. The van der Waals surface area contributed by atoms with E-state index < -0.39 is 0 Å². The van der Waals surface area contributed by atoms with Gasteiger partial charge in [0.1, 0.15) is 0 Å². The molecule has 0 spiro atoms. The van der Waals surface area contributed by atoms with Gasteiger partial charge in [-0.3, -0.25) is 0 Å². The van der Waals surface area contributed by atoms with Gasteiger partial charge in [-0.05, 0) is 37.6 Å². The average Bonchev–Trinajstić information content (AvgIpc) is 2.26. The molecule has 0 fully saturated rings. The third-order valence-corrected chi connectivity index (χ3v) is 4.03. The van der Waals surface area contributed by atoms with Gasteiger partial charge in [0.25, 0.3) is 0 Å². The van der Waals surface area contributed by atoms with E-state index in [2.05, 4.69) is 73.0 Å². The number of rotatable bonds is 5. The molecule has 1 N–H and O–H groups in total. The topological polar surface area (TPSA) is 15.3 Å². The summed E-state index contributed by atoms with van der Waals surface area (Å²) >= 11 is 3.48. The number of hydrogen-bond donors (Lipinski definition) is 1. The molecule has 2 nitrogen and oxygen atoms in total. The molecule has 0 heterocycles. The summed E-state index contributed by atoms with van der Waals surface area (Å²) in [7, 11) is 2.19. The first-order valence-corrected chi connectivity index (χ1v) is 7.29. The molecular weight excluding hydrogens is 288 g/mol. The summed E-state index contributed by atoms with van der Waals surface area (Å²) in [5, 5.41) is 3.45. The van der Waals surface area contributed by atoms with E-state index in [-0.39, 0.29) is 0 Å². The fourth-order valence-electron chi connectivity index (χ4n) is 1.83. The Bertz CT molecular complexity index is 371. The minimum atomic E-state index is 0.324. The lowest BCUT2D eigenvalue weighted by atomic mass is 9.87. The number of nitrogens with one attached hydrogen (secondary N) is 1. The van der Waals surface area contributed by atoms with Crippen molar-refractivity contribution in [2.24, 2.45) is 5.41 Å². The smallest absolute Gasteiger partial charge is 0.0351 e. The molecule has 1 aromatic carbocycles. The van der Waals surface area contributed by atoms with E-state index >= 15 is 0 Å². The SMILES string of the molecule is CC(N(C)CCNc1cccc(Br)c1)C(C)(C)C. The first kappa shape index (κ1) is 15.5. The summed E-state index contributed by atoms with van der Waals surface area (Å²) in [6, 6.07) is 8.86. The number of nitrogens with zero attached hydrogens (tertiary/aromatic N) is 1. The molecule has 0 aliphatic carbocycles. The minimum absolute atomic E-state index is 0.324. The summed E-state index contributed by atoms with van der Waals surface area (Å²) in [6.45, 7) is 11.2. The maximum absolute atomic E-state index is 3.48. The second kappa shape index (κ2) is 6.58. The Hall–Kier alpha value is -0.540. The fraction of sp³-hybridized carbons (Fsp3) is 0.600. The number of benzene rings is 1. The molecule has 0 aromatic heterocycles. The van der Waals surface area contributed by atoms with Gasteiger partial charge in [-0.2, -0.15) is 0 Å². The molecule has 1 unspecified atom stereocenters. The lowest BCUT2D eigenvalue weighted by Gasteiger charge is -2.35. The zero-order chi connectivity index (χ0) is 13.8. The molecule has 0 bridgehead atoms. The second-order valence-corrected chi connectivity index (χ2v) is 6.88. The van der Waals surface area contributed by atoms with Crippen LogP contribution in [0.15, 0.2) is 28.7 Å². The zero-order valence-corrected chi connectivity index (χ0v) is 13.7. The van der Waals surface area contributed by atoms with Crippen molar-refractivity contribution in [1.29, 1.82) is 0 Å². The van der Waals surface area contributed by atoms with E-state index in [0.29, 0.717) is 11.5 Å². The van der Waals surface area contributed by atoms with Crippen molar-refractivity contribution in [3.63, 3.8) is 0 Å². The molecule has 1 rings (SSSR count). The summed E-state index contributed by atoms with van der Waals surface area (Å²) in [6.07, 6.45) is 0. The van der Waals surface area contributed by atoms with Crippen LogP contribution in [0.25, 0.3) is 0 Å². The molecule has 0 aliphatic rings. The van der Waals surface area contributed by atoms with E-state index in [0.717, 1.165) is 17.6 Å². The highest BCUT2D eigenvalue weighted by Crippen LogP contribution is 2.22. The standard InChI is InChI=1S/C15H25BrN2/c1-12(15(2,3)4)18(5)10-9-17-14-8-6-7-13(16)11-14/h6-8,11-12,17H,9-10H2,1-5H3. The first-order chi connectivity index (χ1) is 8.30. The van der Waals surface area contributed by atoms with Crippen LogP contribution < -0.4 is 5.32 Å². The summed E-state index contributed by atoms with van der Waals surface area (Å²) in [5.41, 5.74) is 1.49. The molecular formula is C15H25BrN2. The lowest BCUT2D eigenvalue weighted by Crippen LogP contribution is -2.41. The van der Waals surface area contributed by atoms with Gasteiger partial charge in [0, 0.05) is 29.3 Å². The van der Waals surface area contributed by atoms with Gasteiger partial charge in [-0.15, -0.1) is 0 Å². The van der Waals surface area contributed by atoms with E-state index in [1.54, 1.807) is 0 Å². The molecule has 18 heavy (non-hydrogen) atoms. The fourth-order valence-corrected chi connectivity index (χ4v) is 2.23. The Kier molecular flexibility index (Phi) is 5.67. The Morgan fingerprint density at radius 1 is 1.33 bits per heavy atom. The maximum atomic E-state index is 3.48. The van der Waals surface area contributed by atoms with Crippen LogP contribution in [0.3, 0.4) is 0 Å². The second-order valence-electron chi connectivity index (χ2n) is 5.96. The molecule has 0 aliphatic heterocycles. The van der Waals surface area contributed by atoms with Gasteiger partial charge >= 0.3 is 0 Å². The summed E-state index contributed by atoms with van der Waals surface area (Å²) in [4.78, 5) is 2.41. The van der Waals surface area contributed by atoms with Crippen LogP contribution in [0, 0.1) is 5.41 Å². The van der Waals surface area contributed by atoms with Gasteiger partial charge < -0.3 is 10.2 Å². The van der Waals surface area contributed by atoms with Gasteiger partial charge in [0.2, 0.25) is 0 Å². The highest BCUT2D eigenvalue weighted by atomic mass is 79.9. The highest BCUT2D eigenvalue weighted by molar-refractivity contribution is 9.10. The third kappa shape index (κ3) is 4.99. The van der Waals surface area contributed by atoms with Gasteiger partial charge in [-0.25, -0.2) is 0 Å². The number of anilines is 1. The van der Waals surface area contributed by atoms with E-state index in [1.807, 2.05) is 12.1 Å². The van der Waals surface area contributed by atoms with Crippen molar-refractivity contribution >= 4 is 21.6 Å². The predicted molar refractivity (Wildman–Crippen MR) is 84.2 cm³/mol. The van der Waals surface area contributed by atoms with Gasteiger partial charge in [0.05, 0.1) is 0 Å². The summed E-state index contributed by atoms with van der Waals surface area (Å²) in [5.74, 6) is 0. The lowest BCUT2D eigenvalue weighted by molar-refractivity contribution is 0.146. The van der Waals surface area contributed by atoms with Crippen molar-refractivity contribution in [3.8, 4) is 0 Å². The molecule has 0 saturated heterocycles. The Morgan fingerprint density at radius 2 is 2.00 bits per heavy atom. The third-order valence-electron chi connectivity index (χ3n) is 3.53. The monoisotopic (exact) mass is 312 g/mol. The van der Waals surface area contributed by atoms with Crippen LogP contribution in [0.4, 0.5) is 5.69 Å². The Balaban J connectivity index is 2.38. The van der Waals surface area contributed by atoms with Crippen LogP contribution in [0.2, 0.25) is 0 Å². The van der Waals surface area contributed by atoms with E-state index in [1.165, 1.54) is 5.69 Å². The van der Waals surface area contributed by atoms with Crippen LogP contribution >= 0.6 is 15.9 Å². The maximum Gasteiger partial charge on any atom is 0.0351 e.